The second-order valence-corrected chi connectivity index (χ2v) is 37.4. The van der Waals surface area contributed by atoms with Gasteiger partial charge in [-0.15, -0.1) is 0 Å². The summed E-state index contributed by atoms with van der Waals surface area (Å²) in [4.78, 5) is 0. The average Bonchev–Trinajstić information content (AvgIpc) is 2.84. The Morgan fingerprint density at radius 1 is 1.18 bits per heavy atom. The molecule has 0 saturated carbocycles. The average molecular weight is 382 g/mol. The summed E-state index contributed by atoms with van der Waals surface area (Å²) in [6.07, 6.45) is 7.23. The zero-order chi connectivity index (χ0) is 12.8. The monoisotopic (exact) mass is 382 g/mol. The fourth-order valence-electron chi connectivity index (χ4n) is 2.78. The second-order valence-electron chi connectivity index (χ2n) is 4.51. The molecule has 6 heteroatoms. The van der Waals surface area contributed by atoms with Crippen molar-refractivity contribution in [1.82, 2.24) is 9.78 Å². The fourth-order valence-corrected chi connectivity index (χ4v) is 33.0. The number of halogens is 1. The molecule has 0 radical (unpaired) electrons. The van der Waals surface area contributed by atoms with Crippen LogP contribution in [0.2, 0.25) is 0 Å². The van der Waals surface area contributed by atoms with Gasteiger partial charge in [-0.2, -0.15) is 0 Å². The van der Waals surface area contributed by atoms with Gasteiger partial charge in [0.2, 0.25) is 0 Å². The number of allylic oxidation sites excluding steroid dienone is 4. The molecule has 0 aromatic carbocycles. The van der Waals surface area contributed by atoms with Gasteiger partial charge in [-0.25, -0.2) is 0 Å². The normalized spacial score (nSPS) is 18.6. The van der Waals surface area contributed by atoms with Crippen molar-refractivity contribution in [1.29, 1.82) is 0 Å². The molecule has 3 N–H and O–H groups in total. The van der Waals surface area contributed by atoms with E-state index >= 15 is 0 Å². The molecule has 0 aromatic heterocycles. The van der Waals surface area contributed by atoms with Crippen LogP contribution in [0, 0.1) is 0 Å². The third kappa shape index (κ3) is 3.00. The molecule has 0 bridgehead atoms. The Hall–Kier alpha value is 0.716. The maximum absolute atomic E-state index is 14.2. The molecular formula is C11H25FGeN3Zr. The standard InChI is InChI=1S/C5H5.3C2H6N.FGeH2.Zr/c1-2-4-5-3-1;3*1-2-3;1-2;/h1-3H,4H2;3*3H,2H2,1H3;2H2;/q;3*-1;;+3. The van der Waals surface area contributed by atoms with Crippen LogP contribution in [0.15, 0.2) is 21.5 Å². The number of hydrogen-bond acceptors (Lipinski definition) is 3. The van der Waals surface area contributed by atoms with E-state index in [0.717, 1.165) is 26.1 Å². The van der Waals surface area contributed by atoms with Gasteiger partial charge < -0.3 is 0 Å². The summed E-state index contributed by atoms with van der Waals surface area (Å²) in [5.74, 6) is 0. The van der Waals surface area contributed by atoms with Crippen LogP contribution in [0.25, 0.3) is 0 Å². The van der Waals surface area contributed by atoms with Crippen LogP contribution in [0.3, 0.4) is 0 Å². The molecule has 0 saturated heterocycles. The summed E-state index contributed by atoms with van der Waals surface area (Å²) in [6.45, 7) is 8.71. The summed E-state index contributed by atoms with van der Waals surface area (Å²) in [5.41, 5.74) is 0. The first-order valence-electron chi connectivity index (χ1n) is 6.52. The molecule has 0 atom stereocenters. The van der Waals surface area contributed by atoms with E-state index in [1.165, 1.54) is 3.28 Å². The Morgan fingerprint density at radius 3 is 2.00 bits per heavy atom. The Balaban J connectivity index is 3.17. The predicted octanol–water partition coefficient (Wildman–Crippen LogP) is 1.06. The van der Waals surface area contributed by atoms with Crippen molar-refractivity contribution >= 4 is 12.1 Å². The van der Waals surface area contributed by atoms with Crippen molar-refractivity contribution in [3.05, 3.63) is 21.5 Å². The Morgan fingerprint density at radius 2 is 1.71 bits per heavy atom. The van der Waals surface area contributed by atoms with Gasteiger partial charge in [0.05, 0.1) is 0 Å². The summed E-state index contributed by atoms with van der Waals surface area (Å²) in [5, 5.41) is 0. The van der Waals surface area contributed by atoms with Crippen LogP contribution in [0.5, 0.6) is 0 Å². The van der Waals surface area contributed by atoms with E-state index < -0.39 is 29.3 Å². The SMILES string of the molecule is CC[NH][Zr]([NH]CC)([NH]CC)([GeH2][F])[C]1=CC=CC1. The van der Waals surface area contributed by atoms with Crippen molar-refractivity contribution in [2.75, 3.05) is 19.6 Å². The number of rotatable bonds is 8. The molecule has 0 spiro atoms. The van der Waals surface area contributed by atoms with Crippen molar-refractivity contribution in [2.24, 2.45) is 0 Å². The second kappa shape index (κ2) is 6.76. The van der Waals surface area contributed by atoms with Gasteiger partial charge >= 0.3 is 111 Å². The molecule has 1 aliphatic carbocycles. The third-order valence-corrected chi connectivity index (χ3v) is 39.1. The minimum absolute atomic E-state index is 0.831. The molecule has 1 rings (SSSR count). The van der Waals surface area contributed by atoms with Crippen molar-refractivity contribution in [3.63, 3.8) is 0 Å². The Labute approximate surface area is 110 Å². The van der Waals surface area contributed by atoms with E-state index in [9.17, 15) is 3.50 Å². The van der Waals surface area contributed by atoms with E-state index in [1.54, 1.807) is 0 Å². The van der Waals surface area contributed by atoms with Gasteiger partial charge in [0.1, 0.15) is 0 Å². The van der Waals surface area contributed by atoms with Gasteiger partial charge in [-0.1, -0.05) is 0 Å². The quantitative estimate of drug-likeness (QED) is 0.550. The Bertz CT molecular complexity index is 300. The first kappa shape index (κ1) is 15.8. The van der Waals surface area contributed by atoms with Gasteiger partial charge in [-0.3, -0.25) is 0 Å². The number of hydrogen-bond donors (Lipinski definition) is 3. The molecular weight excluding hydrogens is 357 g/mol. The molecule has 3 nitrogen and oxygen atoms in total. The van der Waals surface area contributed by atoms with Crippen molar-refractivity contribution in [2.45, 2.75) is 27.2 Å². The van der Waals surface area contributed by atoms with E-state index in [2.05, 4.69) is 48.8 Å². The molecule has 17 heavy (non-hydrogen) atoms. The minimum atomic E-state index is -3.82. The Kier molecular flexibility index (Phi) is 6.27. The van der Waals surface area contributed by atoms with Gasteiger partial charge in [0, 0.05) is 0 Å². The van der Waals surface area contributed by atoms with Crippen molar-refractivity contribution in [3.8, 4) is 0 Å². The van der Waals surface area contributed by atoms with Crippen LogP contribution in [-0.4, -0.2) is 31.7 Å². The van der Waals surface area contributed by atoms with Gasteiger partial charge in [0.25, 0.3) is 0 Å². The van der Waals surface area contributed by atoms with Crippen LogP contribution in [0.4, 0.5) is 3.50 Å². The maximum atomic E-state index is 14.2. The molecule has 0 fully saturated rings. The molecule has 0 unspecified atom stereocenters. The van der Waals surface area contributed by atoms with Crippen LogP contribution in [0.1, 0.15) is 27.2 Å². The van der Waals surface area contributed by atoms with Crippen LogP contribution in [-0.2, 0) is 17.1 Å². The summed E-state index contributed by atoms with van der Waals surface area (Å²) >= 11 is -5.98. The molecule has 1 aliphatic rings. The van der Waals surface area contributed by atoms with Gasteiger partial charge in [0.15, 0.2) is 0 Å². The molecule has 0 heterocycles. The molecule has 0 amide bonds. The number of nitrogens with one attached hydrogen (secondary N) is 3. The summed E-state index contributed by atoms with van der Waals surface area (Å²) < 4.78 is 26.3. The van der Waals surface area contributed by atoms with Gasteiger partial charge in [-0.05, 0) is 0 Å². The van der Waals surface area contributed by atoms with E-state index in [0.29, 0.717) is 0 Å². The summed E-state index contributed by atoms with van der Waals surface area (Å²) in [7, 11) is 0. The predicted molar refractivity (Wildman–Crippen MR) is 72.5 cm³/mol. The van der Waals surface area contributed by atoms with E-state index in [4.69, 9.17) is 0 Å². The van der Waals surface area contributed by atoms with Crippen LogP contribution >= 0.6 is 0 Å². The molecule has 0 aliphatic heterocycles. The summed E-state index contributed by atoms with van der Waals surface area (Å²) in [6, 6.07) is 0. The van der Waals surface area contributed by atoms with E-state index in [-0.39, 0.29) is 0 Å². The first-order chi connectivity index (χ1) is 8.17. The fraction of sp³-hybridized carbons (Fsp3) is 0.636. The van der Waals surface area contributed by atoms with E-state index in [1.807, 2.05) is 0 Å². The molecule has 99 valence electrons. The molecule has 0 aromatic rings. The zero-order valence-corrected chi connectivity index (χ0v) is 16.6. The zero-order valence-electron chi connectivity index (χ0n) is 11.1. The third-order valence-electron chi connectivity index (χ3n) is 3.45. The first-order valence-corrected chi connectivity index (χ1v) is 23.1. The van der Waals surface area contributed by atoms with Crippen LogP contribution < -0.4 is 9.78 Å². The van der Waals surface area contributed by atoms with Crippen molar-refractivity contribution < 1.29 is 20.6 Å². The topological polar surface area (TPSA) is 36.1 Å².